The first kappa shape index (κ1) is 12.5. The molecule has 0 aromatic carbocycles. The number of nitrogens with two attached hydrogens (primary N) is 1. The quantitative estimate of drug-likeness (QED) is 0.327. The standard InChI is InChI=1S/C10H19N5O/c1-8-6-9(15(3)12-8)7-14(2)5-4-10(11)13-16/h6,16H,4-5,7H2,1-3H3,(H2,11,13). The summed E-state index contributed by atoms with van der Waals surface area (Å²) in [6.45, 7) is 3.52. The summed E-state index contributed by atoms with van der Waals surface area (Å²) in [6.07, 6.45) is 0.559. The Balaban J connectivity index is 2.45. The highest BCUT2D eigenvalue weighted by molar-refractivity contribution is 5.79. The monoisotopic (exact) mass is 225 g/mol. The molecule has 0 unspecified atom stereocenters. The molecule has 0 amide bonds. The van der Waals surface area contributed by atoms with Crippen LogP contribution in [0.25, 0.3) is 0 Å². The van der Waals surface area contributed by atoms with Crippen LogP contribution >= 0.6 is 0 Å². The van der Waals surface area contributed by atoms with Crippen molar-refractivity contribution in [3.63, 3.8) is 0 Å². The highest BCUT2D eigenvalue weighted by Gasteiger charge is 2.06. The summed E-state index contributed by atoms with van der Waals surface area (Å²) in [5, 5.41) is 15.6. The lowest BCUT2D eigenvalue weighted by molar-refractivity contribution is 0.307. The summed E-state index contributed by atoms with van der Waals surface area (Å²) in [4.78, 5) is 2.11. The fraction of sp³-hybridized carbons (Fsp3) is 0.600. The predicted octanol–water partition coefficient (Wildman–Crippen LogP) is 0.297. The van der Waals surface area contributed by atoms with Gasteiger partial charge in [-0.05, 0) is 20.0 Å². The van der Waals surface area contributed by atoms with Gasteiger partial charge in [0.1, 0.15) is 5.84 Å². The van der Waals surface area contributed by atoms with E-state index in [4.69, 9.17) is 10.9 Å². The van der Waals surface area contributed by atoms with Crippen LogP contribution in [0.3, 0.4) is 0 Å². The number of hydrogen-bond donors (Lipinski definition) is 2. The second-order valence-electron chi connectivity index (χ2n) is 3.98. The molecule has 0 spiro atoms. The van der Waals surface area contributed by atoms with Gasteiger partial charge in [0.2, 0.25) is 0 Å². The molecule has 3 N–H and O–H groups in total. The van der Waals surface area contributed by atoms with E-state index < -0.39 is 0 Å². The molecule has 90 valence electrons. The van der Waals surface area contributed by atoms with E-state index in [-0.39, 0.29) is 5.84 Å². The first-order chi connectivity index (χ1) is 7.52. The molecule has 6 nitrogen and oxygen atoms in total. The van der Waals surface area contributed by atoms with Crippen molar-refractivity contribution in [1.82, 2.24) is 14.7 Å². The third-order valence-corrected chi connectivity index (χ3v) is 2.41. The van der Waals surface area contributed by atoms with Crippen LogP contribution in [-0.2, 0) is 13.6 Å². The second kappa shape index (κ2) is 5.50. The van der Waals surface area contributed by atoms with E-state index in [1.165, 1.54) is 0 Å². The maximum atomic E-state index is 8.42. The van der Waals surface area contributed by atoms with E-state index in [0.29, 0.717) is 6.42 Å². The maximum Gasteiger partial charge on any atom is 0.140 e. The number of nitrogens with zero attached hydrogens (tertiary/aromatic N) is 4. The highest BCUT2D eigenvalue weighted by Crippen LogP contribution is 2.05. The fourth-order valence-electron chi connectivity index (χ4n) is 1.52. The van der Waals surface area contributed by atoms with E-state index in [1.54, 1.807) is 0 Å². The van der Waals surface area contributed by atoms with Gasteiger partial charge >= 0.3 is 0 Å². The average molecular weight is 225 g/mol. The number of amidine groups is 1. The molecule has 0 atom stereocenters. The summed E-state index contributed by atoms with van der Waals surface area (Å²) in [7, 11) is 3.92. The van der Waals surface area contributed by atoms with E-state index >= 15 is 0 Å². The van der Waals surface area contributed by atoms with Crippen molar-refractivity contribution in [2.24, 2.45) is 17.9 Å². The summed E-state index contributed by atoms with van der Waals surface area (Å²) in [6, 6.07) is 2.06. The average Bonchev–Trinajstić information content (AvgIpc) is 2.54. The minimum absolute atomic E-state index is 0.257. The molecule has 1 rings (SSSR count). The molecule has 0 saturated carbocycles. The first-order valence-corrected chi connectivity index (χ1v) is 5.17. The van der Waals surface area contributed by atoms with Crippen LogP contribution in [0.1, 0.15) is 17.8 Å². The Kier molecular flexibility index (Phi) is 4.30. The lowest BCUT2D eigenvalue weighted by Crippen LogP contribution is -2.25. The summed E-state index contributed by atoms with van der Waals surface area (Å²) in [5.41, 5.74) is 7.57. The van der Waals surface area contributed by atoms with Gasteiger partial charge in [0.15, 0.2) is 0 Å². The van der Waals surface area contributed by atoms with Crippen molar-refractivity contribution < 1.29 is 5.21 Å². The molecular formula is C10H19N5O. The molecule has 0 radical (unpaired) electrons. The van der Waals surface area contributed by atoms with Gasteiger partial charge in [0.05, 0.1) is 11.4 Å². The third-order valence-electron chi connectivity index (χ3n) is 2.41. The minimum atomic E-state index is 0.257. The largest absolute Gasteiger partial charge is 0.409 e. The first-order valence-electron chi connectivity index (χ1n) is 5.17. The predicted molar refractivity (Wildman–Crippen MR) is 62.3 cm³/mol. The highest BCUT2D eigenvalue weighted by atomic mass is 16.4. The number of oxime groups is 1. The lowest BCUT2D eigenvalue weighted by Gasteiger charge is -2.15. The van der Waals surface area contributed by atoms with Crippen LogP contribution in [0.15, 0.2) is 11.2 Å². The molecule has 1 aromatic rings. The third kappa shape index (κ3) is 3.54. The molecule has 0 saturated heterocycles. The van der Waals surface area contributed by atoms with Crippen LogP contribution in [-0.4, -0.2) is 39.3 Å². The molecule has 1 aromatic heterocycles. The zero-order valence-electron chi connectivity index (χ0n) is 10.0. The van der Waals surface area contributed by atoms with Gasteiger partial charge in [-0.25, -0.2) is 0 Å². The Morgan fingerprint density at radius 1 is 1.69 bits per heavy atom. The molecule has 0 aliphatic carbocycles. The van der Waals surface area contributed by atoms with Gasteiger partial charge in [-0.1, -0.05) is 5.16 Å². The van der Waals surface area contributed by atoms with Gasteiger partial charge in [0, 0.05) is 26.6 Å². The van der Waals surface area contributed by atoms with Crippen LogP contribution in [0.2, 0.25) is 0 Å². The number of hydrogen-bond acceptors (Lipinski definition) is 4. The van der Waals surface area contributed by atoms with Gasteiger partial charge in [-0.15, -0.1) is 0 Å². The van der Waals surface area contributed by atoms with Crippen LogP contribution < -0.4 is 5.73 Å². The number of aryl methyl sites for hydroxylation is 2. The smallest absolute Gasteiger partial charge is 0.140 e. The van der Waals surface area contributed by atoms with Crippen molar-refractivity contribution >= 4 is 5.84 Å². The second-order valence-corrected chi connectivity index (χ2v) is 3.98. The van der Waals surface area contributed by atoms with E-state index in [9.17, 15) is 0 Å². The molecule has 0 aliphatic heterocycles. The molecule has 0 bridgehead atoms. The van der Waals surface area contributed by atoms with Crippen LogP contribution in [0, 0.1) is 6.92 Å². The maximum absolute atomic E-state index is 8.42. The Bertz CT molecular complexity index is 371. The zero-order chi connectivity index (χ0) is 12.1. The minimum Gasteiger partial charge on any atom is -0.409 e. The van der Waals surface area contributed by atoms with Crippen LogP contribution in [0.4, 0.5) is 0 Å². The van der Waals surface area contributed by atoms with Crippen LogP contribution in [0.5, 0.6) is 0 Å². The SMILES string of the molecule is Cc1cc(CN(C)CCC(N)=NO)n(C)n1. The van der Waals surface area contributed by atoms with Gasteiger partial charge in [-0.3, -0.25) is 4.68 Å². The molecule has 0 aliphatic rings. The van der Waals surface area contributed by atoms with Crippen molar-refractivity contribution in [3.05, 3.63) is 17.5 Å². The Morgan fingerprint density at radius 3 is 2.88 bits per heavy atom. The van der Waals surface area contributed by atoms with Gasteiger partial charge in [0.25, 0.3) is 0 Å². The summed E-state index contributed by atoms with van der Waals surface area (Å²) in [5.74, 6) is 0.257. The zero-order valence-corrected chi connectivity index (χ0v) is 10.0. The molecule has 0 fully saturated rings. The Hall–Kier alpha value is -1.56. The van der Waals surface area contributed by atoms with Crippen molar-refractivity contribution in [2.75, 3.05) is 13.6 Å². The topological polar surface area (TPSA) is 79.7 Å². The Morgan fingerprint density at radius 2 is 2.38 bits per heavy atom. The molecule has 6 heteroatoms. The van der Waals surface area contributed by atoms with Crippen molar-refractivity contribution in [3.8, 4) is 0 Å². The van der Waals surface area contributed by atoms with E-state index in [2.05, 4.69) is 21.2 Å². The molecule has 1 heterocycles. The van der Waals surface area contributed by atoms with E-state index in [0.717, 1.165) is 24.5 Å². The summed E-state index contributed by atoms with van der Waals surface area (Å²) < 4.78 is 1.87. The molecule has 16 heavy (non-hydrogen) atoms. The lowest BCUT2D eigenvalue weighted by atomic mass is 10.3. The van der Waals surface area contributed by atoms with Gasteiger partial charge in [-0.2, -0.15) is 5.10 Å². The number of aromatic nitrogens is 2. The Labute approximate surface area is 95.3 Å². The summed E-state index contributed by atoms with van der Waals surface area (Å²) >= 11 is 0. The van der Waals surface area contributed by atoms with Crippen molar-refractivity contribution in [1.29, 1.82) is 0 Å². The van der Waals surface area contributed by atoms with Crippen molar-refractivity contribution in [2.45, 2.75) is 19.9 Å². The van der Waals surface area contributed by atoms with E-state index in [1.807, 2.05) is 25.7 Å². The molecular weight excluding hydrogens is 206 g/mol. The normalized spacial score (nSPS) is 12.4. The number of rotatable bonds is 5. The van der Waals surface area contributed by atoms with Gasteiger partial charge < -0.3 is 15.8 Å². The fourth-order valence-corrected chi connectivity index (χ4v) is 1.52.